The van der Waals surface area contributed by atoms with Gasteiger partial charge in [-0.1, -0.05) is 12.1 Å². The Hall–Kier alpha value is -3.66. The number of aromatic hydroxyl groups is 1. The zero-order chi connectivity index (χ0) is 24.4. The number of carbonyl (C=O) groups excluding carboxylic acids is 1. The lowest BCUT2D eigenvalue weighted by molar-refractivity contribution is -0.135. The maximum absolute atomic E-state index is 13.0. The quantitative estimate of drug-likeness (QED) is 0.575. The first kappa shape index (κ1) is 21.6. The average molecular weight is 480 g/mol. The SMILES string of the molecule is N#Cc1cc(-c2cccc3c(O)nccc23)c(C2CC2)nc1N1CCN(C(=O)C2CC2)[C@H](C2CC2)C1. The first-order valence-corrected chi connectivity index (χ1v) is 13.2. The molecule has 1 aromatic carbocycles. The van der Waals surface area contributed by atoms with Crippen LogP contribution in [0.4, 0.5) is 5.82 Å². The number of benzene rings is 1. The Balaban J connectivity index is 1.29. The standard InChI is InChI=1S/C29H29N5O2/c30-15-20-14-24(21-2-1-3-23-22(21)10-11-31-28(23)35)26(18-6-7-18)32-27(20)33-12-13-34(29(36)19-8-9-19)25(16-33)17-4-5-17/h1-3,10-11,14,17-19,25H,4-9,12-13,16H2,(H,31,35)/t25-/m0/s1. The number of nitrogens with zero attached hydrogens (tertiary/aromatic N) is 5. The number of aromatic nitrogens is 2. The summed E-state index contributed by atoms with van der Waals surface area (Å²) in [4.78, 5) is 26.6. The number of nitriles is 1. The first-order chi connectivity index (χ1) is 17.6. The number of pyridine rings is 2. The molecule has 0 spiro atoms. The van der Waals surface area contributed by atoms with Crippen LogP contribution in [0.3, 0.4) is 0 Å². The molecule has 7 heteroatoms. The second kappa shape index (κ2) is 8.19. The molecule has 182 valence electrons. The molecule has 3 aliphatic carbocycles. The third-order valence-electron chi connectivity index (χ3n) is 8.29. The Morgan fingerprint density at radius 2 is 1.86 bits per heavy atom. The summed E-state index contributed by atoms with van der Waals surface area (Å²) in [5.74, 6) is 2.30. The fourth-order valence-electron chi connectivity index (χ4n) is 5.88. The van der Waals surface area contributed by atoms with Crippen molar-refractivity contribution in [3.05, 3.63) is 47.8 Å². The van der Waals surface area contributed by atoms with Crippen LogP contribution in [0.15, 0.2) is 36.5 Å². The molecule has 3 aromatic rings. The molecule has 1 N–H and O–H groups in total. The van der Waals surface area contributed by atoms with Crippen LogP contribution < -0.4 is 4.90 Å². The van der Waals surface area contributed by atoms with E-state index in [4.69, 9.17) is 4.98 Å². The second-order valence-electron chi connectivity index (χ2n) is 10.9. The van der Waals surface area contributed by atoms with Crippen LogP contribution in [0, 0.1) is 23.2 Å². The van der Waals surface area contributed by atoms with E-state index < -0.39 is 0 Å². The number of fused-ring (bicyclic) bond motifs is 1. The molecular weight excluding hydrogens is 450 g/mol. The predicted molar refractivity (Wildman–Crippen MR) is 136 cm³/mol. The number of hydrogen-bond acceptors (Lipinski definition) is 6. The van der Waals surface area contributed by atoms with Gasteiger partial charge in [-0.15, -0.1) is 0 Å². The fourth-order valence-corrected chi connectivity index (χ4v) is 5.88. The van der Waals surface area contributed by atoms with E-state index in [1.54, 1.807) is 6.20 Å². The van der Waals surface area contributed by atoms with Gasteiger partial charge in [0.2, 0.25) is 11.8 Å². The van der Waals surface area contributed by atoms with E-state index in [-0.39, 0.29) is 17.8 Å². The minimum Gasteiger partial charge on any atom is -0.493 e. The summed E-state index contributed by atoms with van der Waals surface area (Å²) in [5, 5.41) is 22.1. The summed E-state index contributed by atoms with van der Waals surface area (Å²) in [5.41, 5.74) is 3.54. The summed E-state index contributed by atoms with van der Waals surface area (Å²) in [6.45, 7) is 2.17. The molecule has 0 radical (unpaired) electrons. The summed E-state index contributed by atoms with van der Waals surface area (Å²) in [7, 11) is 0. The predicted octanol–water partition coefficient (Wildman–Crippen LogP) is 4.59. The van der Waals surface area contributed by atoms with Gasteiger partial charge in [0, 0.05) is 48.6 Å². The molecule has 1 atom stereocenters. The van der Waals surface area contributed by atoms with Crippen molar-refractivity contribution in [2.45, 2.75) is 50.5 Å². The van der Waals surface area contributed by atoms with Gasteiger partial charge in [0.1, 0.15) is 11.9 Å². The highest BCUT2D eigenvalue weighted by molar-refractivity contribution is 5.99. The summed E-state index contributed by atoms with van der Waals surface area (Å²) in [6.07, 6.45) is 8.23. The van der Waals surface area contributed by atoms with E-state index in [0.717, 1.165) is 60.3 Å². The van der Waals surface area contributed by atoms with E-state index in [1.807, 2.05) is 30.3 Å². The van der Waals surface area contributed by atoms with Gasteiger partial charge in [0.25, 0.3) is 0 Å². The molecule has 1 amide bonds. The molecule has 3 saturated carbocycles. The number of anilines is 1. The van der Waals surface area contributed by atoms with Gasteiger partial charge in [-0.2, -0.15) is 5.26 Å². The van der Waals surface area contributed by atoms with E-state index in [1.165, 1.54) is 12.8 Å². The van der Waals surface area contributed by atoms with Gasteiger partial charge in [0.05, 0.1) is 17.3 Å². The lowest BCUT2D eigenvalue weighted by Gasteiger charge is -2.43. The lowest BCUT2D eigenvalue weighted by Crippen LogP contribution is -2.57. The van der Waals surface area contributed by atoms with Crippen LogP contribution in [0.5, 0.6) is 5.88 Å². The van der Waals surface area contributed by atoms with Crippen molar-refractivity contribution in [2.75, 3.05) is 24.5 Å². The highest BCUT2D eigenvalue weighted by Gasteiger charge is 2.45. The van der Waals surface area contributed by atoms with E-state index in [0.29, 0.717) is 41.8 Å². The molecule has 0 bridgehead atoms. The molecular formula is C29H29N5O2. The zero-order valence-electron chi connectivity index (χ0n) is 20.2. The number of amides is 1. The van der Waals surface area contributed by atoms with Crippen molar-refractivity contribution in [1.29, 1.82) is 5.26 Å². The molecule has 0 unspecified atom stereocenters. The summed E-state index contributed by atoms with van der Waals surface area (Å²) >= 11 is 0. The number of carbonyl (C=O) groups is 1. The van der Waals surface area contributed by atoms with E-state index in [9.17, 15) is 15.2 Å². The Labute approximate surface area is 210 Å². The molecule has 36 heavy (non-hydrogen) atoms. The van der Waals surface area contributed by atoms with E-state index >= 15 is 0 Å². The third-order valence-corrected chi connectivity index (χ3v) is 8.29. The minimum absolute atomic E-state index is 0.0112. The molecule has 2 aromatic heterocycles. The number of hydrogen-bond donors (Lipinski definition) is 1. The second-order valence-corrected chi connectivity index (χ2v) is 10.9. The largest absolute Gasteiger partial charge is 0.493 e. The van der Waals surface area contributed by atoms with Gasteiger partial charge >= 0.3 is 0 Å². The molecule has 7 rings (SSSR count). The maximum atomic E-state index is 13.0. The van der Waals surface area contributed by atoms with Gasteiger partial charge in [-0.25, -0.2) is 9.97 Å². The molecule has 3 heterocycles. The van der Waals surface area contributed by atoms with Gasteiger partial charge in [-0.05, 0) is 73.6 Å². The van der Waals surface area contributed by atoms with Gasteiger partial charge < -0.3 is 14.9 Å². The highest BCUT2D eigenvalue weighted by Crippen LogP contribution is 2.47. The molecule has 4 aliphatic rings. The highest BCUT2D eigenvalue weighted by atomic mass is 16.3. The summed E-state index contributed by atoms with van der Waals surface area (Å²) < 4.78 is 0. The van der Waals surface area contributed by atoms with Crippen molar-refractivity contribution in [3.8, 4) is 23.1 Å². The van der Waals surface area contributed by atoms with Crippen LogP contribution in [0.2, 0.25) is 0 Å². The zero-order valence-corrected chi connectivity index (χ0v) is 20.2. The molecule has 1 aliphatic heterocycles. The van der Waals surface area contributed by atoms with Crippen molar-refractivity contribution in [3.63, 3.8) is 0 Å². The van der Waals surface area contributed by atoms with Crippen LogP contribution in [-0.2, 0) is 4.79 Å². The third kappa shape index (κ3) is 3.67. The minimum atomic E-state index is 0.0112. The van der Waals surface area contributed by atoms with Crippen molar-refractivity contribution < 1.29 is 9.90 Å². The smallest absolute Gasteiger partial charge is 0.226 e. The Kier molecular flexibility index (Phi) is 4.92. The lowest BCUT2D eigenvalue weighted by atomic mass is 9.94. The van der Waals surface area contributed by atoms with Crippen molar-refractivity contribution in [1.82, 2.24) is 14.9 Å². The van der Waals surface area contributed by atoms with Gasteiger partial charge in [-0.3, -0.25) is 4.79 Å². The van der Waals surface area contributed by atoms with Crippen molar-refractivity contribution in [2.24, 2.45) is 11.8 Å². The Morgan fingerprint density at radius 3 is 2.58 bits per heavy atom. The van der Waals surface area contributed by atoms with Crippen LogP contribution in [-0.4, -0.2) is 51.6 Å². The Bertz CT molecular complexity index is 1420. The van der Waals surface area contributed by atoms with E-state index in [2.05, 4.69) is 20.9 Å². The monoisotopic (exact) mass is 479 g/mol. The molecule has 7 nitrogen and oxygen atoms in total. The average Bonchev–Trinajstić information content (AvgIpc) is 3.77. The normalized spacial score (nSPS) is 22.0. The van der Waals surface area contributed by atoms with Crippen LogP contribution in [0.1, 0.15) is 55.7 Å². The number of piperazine rings is 1. The molecule has 4 fully saturated rings. The van der Waals surface area contributed by atoms with Crippen LogP contribution in [0.25, 0.3) is 21.9 Å². The summed E-state index contributed by atoms with van der Waals surface area (Å²) in [6, 6.07) is 12.4. The maximum Gasteiger partial charge on any atom is 0.226 e. The van der Waals surface area contributed by atoms with Gasteiger partial charge in [0.15, 0.2) is 0 Å². The topological polar surface area (TPSA) is 93.3 Å². The van der Waals surface area contributed by atoms with Crippen molar-refractivity contribution >= 4 is 22.5 Å². The molecule has 1 saturated heterocycles. The first-order valence-electron chi connectivity index (χ1n) is 13.2. The fraction of sp³-hybridized carbons (Fsp3) is 0.448. The Morgan fingerprint density at radius 1 is 1.03 bits per heavy atom. The number of rotatable bonds is 5. The van der Waals surface area contributed by atoms with Crippen LogP contribution >= 0.6 is 0 Å².